The van der Waals surface area contributed by atoms with Crippen molar-refractivity contribution < 1.29 is 16.8 Å². The predicted octanol–water partition coefficient (Wildman–Crippen LogP) is 0.682. The van der Waals surface area contributed by atoms with Gasteiger partial charge in [-0.15, -0.1) is 0 Å². The standard InChI is InChI=1S/C13H17NO4S2/c15-19(16)7-3-4-10(19)8-14-12-9-20(17,18)13-6-2-1-5-11(12)13/h1-2,5-6,10,12,14H,3-4,7-9H2. The van der Waals surface area contributed by atoms with Gasteiger partial charge < -0.3 is 5.32 Å². The molecule has 2 aliphatic rings. The minimum atomic E-state index is -3.24. The van der Waals surface area contributed by atoms with Crippen molar-refractivity contribution in [1.29, 1.82) is 0 Å². The Balaban J connectivity index is 1.77. The van der Waals surface area contributed by atoms with Crippen LogP contribution in [0.25, 0.3) is 0 Å². The van der Waals surface area contributed by atoms with Gasteiger partial charge in [-0.1, -0.05) is 18.2 Å². The van der Waals surface area contributed by atoms with Crippen molar-refractivity contribution >= 4 is 19.7 Å². The fourth-order valence-corrected chi connectivity index (χ4v) is 6.53. The molecule has 7 heteroatoms. The molecule has 1 fully saturated rings. The zero-order valence-electron chi connectivity index (χ0n) is 10.9. The monoisotopic (exact) mass is 315 g/mol. The van der Waals surface area contributed by atoms with Crippen molar-refractivity contribution in [3.05, 3.63) is 29.8 Å². The second-order valence-electron chi connectivity index (χ2n) is 5.41. The summed E-state index contributed by atoms with van der Waals surface area (Å²) in [5.41, 5.74) is 0.753. The summed E-state index contributed by atoms with van der Waals surface area (Å²) in [7, 11) is -6.24. The molecule has 2 aliphatic heterocycles. The molecule has 0 bridgehead atoms. The maximum atomic E-state index is 12.0. The SMILES string of the molecule is O=S1(=O)CC(NCC2CCCS2(=O)=O)c2ccccc21. The Bertz CT molecular complexity index is 724. The molecule has 5 nitrogen and oxygen atoms in total. The average Bonchev–Trinajstić information content (AvgIpc) is 2.85. The van der Waals surface area contributed by atoms with Gasteiger partial charge >= 0.3 is 0 Å². The molecule has 0 amide bonds. The summed E-state index contributed by atoms with van der Waals surface area (Å²) in [6.07, 6.45) is 1.37. The summed E-state index contributed by atoms with van der Waals surface area (Å²) in [5.74, 6) is 0.262. The van der Waals surface area contributed by atoms with Crippen LogP contribution in [0.1, 0.15) is 24.4 Å². The Morgan fingerprint density at radius 1 is 1.15 bits per heavy atom. The summed E-state index contributed by atoms with van der Waals surface area (Å²) in [5, 5.41) is 2.76. The van der Waals surface area contributed by atoms with Gasteiger partial charge in [0.2, 0.25) is 0 Å². The van der Waals surface area contributed by atoms with Crippen molar-refractivity contribution in [2.24, 2.45) is 0 Å². The number of hydrogen-bond donors (Lipinski definition) is 1. The van der Waals surface area contributed by atoms with E-state index in [1.54, 1.807) is 24.3 Å². The first kappa shape index (κ1) is 14.0. The van der Waals surface area contributed by atoms with E-state index in [4.69, 9.17) is 0 Å². The van der Waals surface area contributed by atoms with Gasteiger partial charge in [0.25, 0.3) is 0 Å². The maximum Gasteiger partial charge on any atom is 0.180 e. The van der Waals surface area contributed by atoms with E-state index in [0.29, 0.717) is 24.3 Å². The highest BCUT2D eigenvalue weighted by Gasteiger charge is 2.36. The molecule has 1 N–H and O–H groups in total. The average molecular weight is 315 g/mol. The van der Waals surface area contributed by atoms with E-state index in [0.717, 1.165) is 5.56 Å². The molecule has 0 spiro atoms. The number of fused-ring (bicyclic) bond motifs is 1. The lowest BCUT2D eigenvalue weighted by Gasteiger charge is -2.16. The topological polar surface area (TPSA) is 80.3 Å². The molecule has 1 aromatic rings. The Hall–Kier alpha value is -0.920. The molecule has 0 aliphatic carbocycles. The smallest absolute Gasteiger partial charge is 0.180 e. The third kappa shape index (κ3) is 2.38. The fraction of sp³-hybridized carbons (Fsp3) is 0.538. The third-order valence-corrected chi connectivity index (χ3v) is 8.16. The van der Waals surface area contributed by atoms with Crippen LogP contribution in [0, 0.1) is 0 Å². The van der Waals surface area contributed by atoms with Gasteiger partial charge in [-0.2, -0.15) is 0 Å². The molecule has 2 unspecified atom stereocenters. The van der Waals surface area contributed by atoms with E-state index < -0.39 is 19.7 Å². The van der Waals surface area contributed by atoms with E-state index in [9.17, 15) is 16.8 Å². The number of rotatable bonds is 3. The van der Waals surface area contributed by atoms with Gasteiger partial charge in [0.05, 0.1) is 21.7 Å². The molecular formula is C13H17NO4S2. The summed E-state index contributed by atoms with van der Waals surface area (Å²) in [4.78, 5) is 0.367. The molecule has 3 rings (SSSR count). The molecule has 20 heavy (non-hydrogen) atoms. The molecule has 1 saturated heterocycles. The Morgan fingerprint density at radius 3 is 2.60 bits per heavy atom. The number of sulfone groups is 2. The Labute approximate surface area is 119 Å². The van der Waals surface area contributed by atoms with E-state index >= 15 is 0 Å². The van der Waals surface area contributed by atoms with Crippen molar-refractivity contribution in [2.75, 3.05) is 18.1 Å². The molecule has 1 aromatic carbocycles. The van der Waals surface area contributed by atoms with E-state index in [1.807, 2.05) is 0 Å². The number of hydrogen-bond acceptors (Lipinski definition) is 5. The van der Waals surface area contributed by atoms with E-state index in [-0.39, 0.29) is 22.8 Å². The van der Waals surface area contributed by atoms with Crippen molar-refractivity contribution in [2.45, 2.75) is 29.0 Å². The van der Waals surface area contributed by atoms with Crippen molar-refractivity contribution in [1.82, 2.24) is 5.32 Å². The summed E-state index contributed by atoms with van der Waals surface area (Å²) < 4.78 is 47.6. The molecule has 2 atom stereocenters. The van der Waals surface area contributed by atoms with Gasteiger partial charge in [-0.3, -0.25) is 0 Å². The van der Waals surface area contributed by atoms with Crippen LogP contribution in [0.5, 0.6) is 0 Å². The first-order valence-electron chi connectivity index (χ1n) is 6.67. The number of nitrogens with one attached hydrogen (secondary N) is 1. The second-order valence-corrected chi connectivity index (χ2v) is 9.81. The highest BCUT2D eigenvalue weighted by atomic mass is 32.2. The Kier molecular flexibility index (Phi) is 3.38. The Morgan fingerprint density at radius 2 is 1.90 bits per heavy atom. The van der Waals surface area contributed by atoms with Crippen LogP contribution in [-0.2, 0) is 19.7 Å². The summed E-state index contributed by atoms with van der Waals surface area (Å²) >= 11 is 0. The van der Waals surface area contributed by atoms with Crippen LogP contribution >= 0.6 is 0 Å². The molecule has 2 heterocycles. The summed E-state index contributed by atoms with van der Waals surface area (Å²) in [6.45, 7) is 0.330. The maximum absolute atomic E-state index is 12.0. The molecule has 0 saturated carbocycles. The van der Waals surface area contributed by atoms with Crippen molar-refractivity contribution in [3.63, 3.8) is 0 Å². The van der Waals surface area contributed by atoms with Gasteiger partial charge in [-0.25, -0.2) is 16.8 Å². The fourth-order valence-electron chi connectivity index (χ4n) is 2.98. The number of benzene rings is 1. The van der Waals surface area contributed by atoms with Crippen LogP contribution < -0.4 is 5.32 Å². The minimum Gasteiger partial charge on any atom is -0.308 e. The van der Waals surface area contributed by atoms with Crippen LogP contribution in [0.15, 0.2) is 29.2 Å². The van der Waals surface area contributed by atoms with Crippen LogP contribution in [0.4, 0.5) is 0 Å². The molecule has 0 aromatic heterocycles. The van der Waals surface area contributed by atoms with Gasteiger partial charge in [0, 0.05) is 12.6 Å². The predicted molar refractivity (Wildman–Crippen MR) is 76.0 cm³/mol. The van der Waals surface area contributed by atoms with Gasteiger partial charge in [-0.05, 0) is 24.5 Å². The van der Waals surface area contributed by atoms with Crippen LogP contribution in [0.3, 0.4) is 0 Å². The zero-order valence-corrected chi connectivity index (χ0v) is 12.6. The quantitative estimate of drug-likeness (QED) is 0.887. The summed E-state index contributed by atoms with van der Waals surface area (Å²) in [6, 6.07) is 6.62. The minimum absolute atomic E-state index is 0.0130. The van der Waals surface area contributed by atoms with E-state index in [1.165, 1.54) is 0 Å². The first-order valence-corrected chi connectivity index (χ1v) is 10.0. The van der Waals surface area contributed by atoms with Crippen LogP contribution in [-0.4, -0.2) is 40.1 Å². The van der Waals surface area contributed by atoms with Crippen LogP contribution in [0.2, 0.25) is 0 Å². The third-order valence-electron chi connectivity index (χ3n) is 4.07. The molecule has 0 radical (unpaired) electrons. The molecular weight excluding hydrogens is 298 g/mol. The zero-order chi connectivity index (χ0) is 14.4. The lowest BCUT2D eigenvalue weighted by molar-refractivity contribution is 0.538. The lowest BCUT2D eigenvalue weighted by atomic mass is 10.1. The highest BCUT2D eigenvalue weighted by Crippen LogP contribution is 2.33. The highest BCUT2D eigenvalue weighted by molar-refractivity contribution is 7.92. The largest absolute Gasteiger partial charge is 0.308 e. The van der Waals surface area contributed by atoms with E-state index in [2.05, 4.69) is 5.32 Å². The normalized spacial score (nSPS) is 30.2. The first-order chi connectivity index (χ1) is 9.40. The van der Waals surface area contributed by atoms with Crippen molar-refractivity contribution in [3.8, 4) is 0 Å². The second kappa shape index (κ2) is 4.82. The lowest BCUT2D eigenvalue weighted by Crippen LogP contribution is -2.33. The van der Waals surface area contributed by atoms with Gasteiger partial charge in [0.15, 0.2) is 19.7 Å². The molecule has 110 valence electrons. The van der Waals surface area contributed by atoms with Gasteiger partial charge in [0.1, 0.15) is 0 Å².